The first kappa shape index (κ1) is 67.8. The van der Waals surface area contributed by atoms with Crippen molar-refractivity contribution in [3.05, 3.63) is 0 Å². The fourth-order valence-electron chi connectivity index (χ4n) is 6.11. The lowest BCUT2D eigenvalue weighted by Crippen LogP contribution is -1.77. The van der Waals surface area contributed by atoms with Crippen LogP contribution in [0.1, 0.15) is 326 Å². The van der Waals surface area contributed by atoms with E-state index in [1.165, 1.54) is 271 Å². The third-order valence-corrected chi connectivity index (χ3v) is 10.7. The lowest BCUT2D eigenvalue weighted by atomic mass is 10.1. The van der Waals surface area contributed by atoms with E-state index in [0.29, 0.717) is 0 Å². The van der Waals surface area contributed by atoms with Crippen molar-refractivity contribution in [2.24, 2.45) is 0 Å². The molecule has 3 nitrogen and oxygen atoms in total. The zero-order valence-electron chi connectivity index (χ0n) is 42.0. The maximum Gasteiger partial charge on any atom is 0.696 e. The van der Waals surface area contributed by atoms with Crippen molar-refractivity contribution >= 4 is 8.25 Å². The molecule has 346 valence electrons. The summed E-state index contributed by atoms with van der Waals surface area (Å²) in [5.41, 5.74) is 0. The van der Waals surface area contributed by atoms with E-state index in [1.54, 1.807) is 0 Å². The molecule has 4 heteroatoms. The smallest absolute Gasteiger partial charge is 0.122 e. The van der Waals surface area contributed by atoms with Crippen LogP contribution >= 0.6 is 8.25 Å². The van der Waals surface area contributed by atoms with Crippen molar-refractivity contribution in [3.8, 4) is 0 Å². The summed E-state index contributed by atoms with van der Waals surface area (Å²) in [6, 6.07) is 0. The van der Waals surface area contributed by atoms with E-state index in [0.717, 1.165) is 0 Å². The highest BCUT2D eigenvalue weighted by Gasteiger charge is 2.10. The van der Waals surface area contributed by atoms with Gasteiger partial charge in [-0.1, -0.05) is 326 Å². The quantitative estimate of drug-likeness (QED) is 0.0463. The zero-order chi connectivity index (χ0) is 43.3. The second-order valence-electron chi connectivity index (χ2n) is 16.2. The van der Waals surface area contributed by atoms with Crippen molar-refractivity contribution in [3.63, 3.8) is 0 Å². The minimum atomic E-state index is -1.83. The molecule has 0 aromatic rings. The Balaban J connectivity index is -0.000000135. The molecule has 0 saturated carbocycles. The average molecular weight is 820 g/mol. The fraction of sp³-hybridized carbons (Fsp3) is 1.00. The lowest BCUT2D eigenvalue weighted by Gasteiger charge is -1.97. The molecule has 0 atom stereocenters. The van der Waals surface area contributed by atoms with Gasteiger partial charge < -0.3 is 0 Å². The van der Waals surface area contributed by atoms with Crippen LogP contribution in [-0.2, 0) is 13.6 Å². The van der Waals surface area contributed by atoms with E-state index in [-0.39, 0.29) is 0 Å². The summed E-state index contributed by atoms with van der Waals surface area (Å²) >= 11 is 0. The predicted octanol–water partition coefficient (Wildman–Crippen LogP) is 21.7. The van der Waals surface area contributed by atoms with E-state index in [2.05, 4.69) is 78.3 Å². The monoisotopic (exact) mass is 820 g/mol. The summed E-state index contributed by atoms with van der Waals surface area (Å²) < 4.78 is 18.3. The van der Waals surface area contributed by atoms with Crippen LogP contribution in [0, 0.1) is 0 Å². The molecule has 0 aliphatic heterocycles. The molecule has 0 aromatic carbocycles. The molecule has 0 aliphatic carbocycles. The van der Waals surface area contributed by atoms with Gasteiger partial charge in [0.25, 0.3) is 0 Å². The molecule has 0 unspecified atom stereocenters. The van der Waals surface area contributed by atoms with E-state index < -0.39 is 8.25 Å². The number of rotatable bonds is 37. The van der Waals surface area contributed by atoms with Crippen molar-refractivity contribution < 1.29 is 13.6 Å². The van der Waals surface area contributed by atoms with Gasteiger partial charge in [0.15, 0.2) is 0 Å². The first-order chi connectivity index (χ1) is 27.4. The number of hydrogen-bond acceptors (Lipinski definition) is 3. The number of unbranched alkanes of at least 4 members (excludes halogenated alkanes) is 35. The van der Waals surface area contributed by atoms with E-state index in [9.17, 15) is 4.57 Å². The Kier molecular flexibility index (Phi) is 95.9. The van der Waals surface area contributed by atoms with Crippen LogP contribution in [-0.4, -0.2) is 14.2 Å². The fourth-order valence-corrected chi connectivity index (χ4v) is 6.26. The molecule has 0 rings (SSSR count). The third-order valence-electron chi connectivity index (χ3n) is 10.1. The van der Waals surface area contributed by atoms with Crippen molar-refractivity contribution in [1.29, 1.82) is 0 Å². The SMILES string of the molecule is CCCCCCCCCC.CCCCCCCCCC.CCCCCCCCCC.CCCCCCCCCC.CCCCCCCCCC.CO[P+](=O)OC. The first-order valence-corrected chi connectivity index (χ1v) is 27.0. The molecule has 0 N–H and O–H groups in total. The Morgan fingerprint density at radius 2 is 0.304 bits per heavy atom. The number of hydrogen-bond donors (Lipinski definition) is 0. The van der Waals surface area contributed by atoms with Crippen molar-refractivity contribution in [2.75, 3.05) is 14.2 Å². The van der Waals surface area contributed by atoms with E-state index >= 15 is 0 Å². The normalized spacial score (nSPS) is 10.0. The Morgan fingerprint density at radius 3 is 0.357 bits per heavy atom. The maximum absolute atomic E-state index is 9.88. The van der Waals surface area contributed by atoms with Crippen LogP contribution < -0.4 is 0 Å². The largest absolute Gasteiger partial charge is 0.696 e. The second kappa shape index (κ2) is 79.2. The zero-order valence-corrected chi connectivity index (χ0v) is 42.9. The molecule has 0 amide bonds. The third kappa shape index (κ3) is 99.7. The summed E-state index contributed by atoms with van der Waals surface area (Å²) in [5.74, 6) is 0. The van der Waals surface area contributed by atoms with Gasteiger partial charge in [-0.3, -0.25) is 0 Å². The maximum atomic E-state index is 9.88. The summed E-state index contributed by atoms with van der Waals surface area (Å²) in [6.07, 6.45) is 57.3. The lowest BCUT2D eigenvalue weighted by molar-refractivity contribution is 0.302. The molecular weight excluding hydrogens is 704 g/mol. The highest BCUT2D eigenvalue weighted by molar-refractivity contribution is 7.33. The van der Waals surface area contributed by atoms with Gasteiger partial charge in [-0.05, 0) is 0 Å². The van der Waals surface area contributed by atoms with Gasteiger partial charge in [0.2, 0.25) is 0 Å². The molecule has 0 aromatic heterocycles. The summed E-state index contributed by atoms with van der Waals surface area (Å²) in [7, 11) is 0.817. The van der Waals surface area contributed by atoms with Crippen LogP contribution in [0.2, 0.25) is 0 Å². The molecular formula is C52H116O3P+. The molecule has 0 spiro atoms. The van der Waals surface area contributed by atoms with Crippen LogP contribution in [0.15, 0.2) is 0 Å². The first-order valence-electron chi connectivity index (χ1n) is 25.9. The van der Waals surface area contributed by atoms with Crippen LogP contribution in [0.4, 0.5) is 0 Å². The standard InChI is InChI=1S/5C10H22.C2H6O3P/c5*1-3-5-7-9-10-8-6-4-2;1-4-6(3)5-2/h5*3-10H2,1-2H3;1-2H3/q;;;;;+1. The van der Waals surface area contributed by atoms with E-state index in [4.69, 9.17) is 0 Å². The molecule has 0 heterocycles. The van der Waals surface area contributed by atoms with Gasteiger partial charge >= 0.3 is 8.25 Å². The van der Waals surface area contributed by atoms with E-state index in [1.807, 2.05) is 0 Å². The summed E-state index contributed by atoms with van der Waals surface area (Å²) in [4.78, 5) is 0. The molecule has 56 heavy (non-hydrogen) atoms. The van der Waals surface area contributed by atoms with Crippen LogP contribution in [0.3, 0.4) is 0 Å². The summed E-state index contributed by atoms with van der Waals surface area (Å²) in [5, 5.41) is 0. The Labute approximate surface area is 360 Å². The Morgan fingerprint density at radius 1 is 0.214 bits per heavy atom. The molecule has 0 aliphatic rings. The Bertz CT molecular complexity index is 417. The summed E-state index contributed by atoms with van der Waals surface area (Å²) in [6.45, 7) is 22.7. The van der Waals surface area contributed by atoms with Crippen LogP contribution in [0.5, 0.6) is 0 Å². The van der Waals surface area contributed by atoms with Crippen molar-refractivity contribution in [2.45, 2.75) is 326 Å². The Hall–Kier alpha value is 0.0200. The van der Waals surface area contributed by atoms with Gasteiger partial charge in [0, 0.05) is 4.57 Å². The minimum Gasteiger partial charge on any atom is -0.122 e. The van der Waals surface area contributed by atoms with Gasteiger partial charge in [-0.15, -0.1) is 9.05 Å². The molecule has 0 saturated heterocycles. The second-order valence-corrected chi connectivity index (χ2v) is 17.4. The van der Waals surface area contributed by atoms with Gasteiger partial charge in [0.1, 0.15) is 0 Å². The van der Waals surface area contributed by atoms with Gasteiger partial charge in [-0.2, -0.15) is 0 Å². The minimum absolute atomic E-state index is 1.32. The van der Waals surface area contributed by atoms with Gasteiger partial charge in [-0.25, -0.2) is 0 Å². The van der Waals surface area contributed by atoms with Crippen LogP contribution in [0.25, 0.3) is 0 Å². The van der Waals surface area contributed by atoms with Crippen molar-refractivity contribution in [1.82, 2.24) is 0 Å². The topological polar surface area (TPSA) is 35.5 Å². The average Bonchev–Trinajstić information content (AvgIpc) is 3.22. The van der Waals surface area contributed by atoms with Gasteiger partial charge in [0.05, 0.1) is 14.2 Å². The molecule has 0 bridgehead atoms. The molecule has 0 radical (unpaired) electrons. The highest BCUT2D eigenvalue weighted by Crippen LogP contribution is 2.18. The highest BCUT2D eigenvalue weighted by atomic mass is 31.1. The predicted molar refractivity (Wildman–Crippen MR) is 263 cm³/mol. The molecule has 0 fully saturated rings.